The molecule has 0 aliphatic heterocycles. The molecule has 1 nitrogen and oxygen atoms in total. The van der Waals surface area contributed by atoms with E-state index >= 15 is 0 Å². The second-order valence-electron chi connectivity index (χ2n) is 5.55. The fourth-order valence-corrected chi connectivity index (χ4v) is 3.77. The summed E-state index contributed by atoms with van der Waals surface area (Å²) in [6, 6.07) is 0.741. The summed E-state index contributed by atoms with van der Waals surface area (Å²) < 4.78 is 0. The molecule has 14 heavy (non-hydrogen) atoms. The zero-order chi connectivity index (χ0) is 10.2. The molecule has 2 aliphatic carbocycles. The Hall–Kier alpha value is -0.300. The van der Waals surface area contributed by atoms with Gasteiger partial charge in [0.1, 0.15) is 0 Å². The van der Waals surface area contributed by atoms with E-state index in [1.165, 1.54) is 25.7 Å². The molecule has 2 aliphatic rings. The topological polar surface area (TPSA) is 12.0 Å². The molecular formula is C13H23N. The minimum absolute atomic E-state index is 0.522. The molecular weight excluding hydrogens is 170 g/mol. The molecule has 0 bridgehead atoms. The van der Waals surface area contributed by atoms with Crippen molar-refractivity contribution in [2.45, 2.75) is 45.6 Å². The highest BCUT2D eigenvalue weighted by atomic mass is 15.0. The number of rotatable bonds is 3. The predicted molar refractivity (Wildman–Crippen MR) is 61.2 cm³/mol. The Morgan fingerprint density at radius 1 is 1.36 bits per heavy atom. The van der Waals surface area contributed by atoms with Crippen LogP contribution in [0.3, 0.4) is 0 Å². The SMILES string of the molecule is C=CCNC1[C@@H]2CCCC[C@@H]2C1(C)C. The molecule has 0 radical (unpaired) electrons. The van der Waals surface area contributed by atoms with Crippen LogP contribution in [0.4, 0.5) is 0 Å². The molecule has 0 spiro atoms. The lowest BCUT2D eigenvalue weighted by Crippen LogP contribution is -2.64. The molecule has 0 aromatic rings. The van der Waals surface area contributed by atoms with Crippen LogP contribution in [0.15, 0.2) is 12.7 Å². The van der Waals surface area contributed by atoms with Gasteiger partial charge >= 0.3 is 0 Å². The fraction of sp³-hybridized carbons (Fsp3) is 0.846. The molecule has 0 heterocycles. The van der Waals surface area contributed by atoms with Gasteiger partial charge in [0.25, 0.3) is 0 Å². The van der Waals surface area contributed by atoms with Crippen molar-refractivity contribution >= 4 is 0 Å². The van der Waals surface area contributed by atoms with E-state index in [0.717, 1.165) is 24.4 Å². The number of hydrogen-bond acceptors (Lipinski definition) is 1. The van der Waals surface area contributed by atoms with Gasteiger partial charge < -0.3 is 5.32 Å². The number of hydrogen-bond donors (Lipinski definition) is 1. The molecule has 0 aromatic carbocycles. The fourth-order valence-electron chi connectivity index (χ4n) is 3.77. The van der Waals surface area contributed by atoms with Crippen LogP contribution in [0.1, 0.15) is 39.5 Å². The summed E-state index contributed by atoms with van der Waals surface area (Å²) in [7, 11) is 0. The van der Waals surface area contributed by atoms with Crippen LogP contribution in [-0.4, -0.2) is 12.6 Å². The van der Waals surface area contributed by atoms with Crippen LogP contribution in [0.25, 0.3) is 0 Å². The first-order valence-electron chi connectivity index (χ1n) is 6.02. The molecule has 0 amide bonds. The van der Waals surface area contributed by atoms with E-state index in [0.29, 0.717) is 5.41 Å². The van der Waals surface area contributed by atoms with Crippen LogP contribution in [-0.2, 0) is 0 Å². The van der Waals surface area contributed by atoms with Crippen LogP contribution < -0.4 is 5.32 Å². The van der Waals surface area contributed by atoms with E-state index < -0.39 is 0 Å². The average molecular weight is 193 g/mol. The first kappa shape index (κ1) is 10.2. The van der Waals surface area contributed by atoms with Gasteiger partial charge in [-0.1, -0.05) is 32.8 Å². The monoisotopic (exact) mass is 193 g/mol. The Labute approximate surface area is 88.0 Å². The highest BCUT2D eigenvalue weighted by molar-refractivity contribution is 5.09. The summed E-state index contributed by atoms with van der Waals surface area (Å²) in [6.07, 6.45) is 7.79. The smallest absolute Gasteiger partial charge is 0.0155 e. The van der Waals surface area contributed by atoms with E-state index in [-0.39, 0.29) is 0 Å². The van der Waals surface area contributed by atoms with Crippen molar-refractivity contribution in [3.05, 3.63) is 12.7 Å². The molecule has 1 heteroatoms. The van der Waals surface area contributed by atoms with Gasteiger partial charge in [-0.2, -0.15) is 0 Å². The van der Waals surface area contributed by atoms with Crippen molar-refractivity contribution in [3.63, 3.8) is 0 Å². The van der Waals surface area contributed by atoms with Gasteiger partial charge in [0.05, 0.1) is 0 Å². The summed E-state index contributed by atoms with van der Waals surface area (Å²) in [5.41, 5.74) is 0.522. The maximum Gasteiger partial charge on any atom is 0.0155 e. The van der Waals surface area contributed by atoms with Crippen molar-refractivity contribution in [1.82, 2.24) is 5.32 Å². The Morgan fingerprint density at radius 3 is 2.79 bits per heavy atom. The molecule has 1 unspecified atom stereocenters. The maximum atomic E-state index is 3.78. The Kier molecular flexibility index (Phi) is 2.70. The van der Waals surface area contributed by atoms with Crippen molar-refractivity contribution in [2.75, 3.05) is 6.54 Å². The summed E-state index contributed by atoms with van der Waals surface area (Å²) in [6.45, 7) is 9.61. The Morgan fingerprint density at radius 2 is 2.07 bits per heavy atom. The number of nitrogens with one attached hydrogen (secondary N) is 1. The van der Waals surface area contributed by atoms with Gasteiger partial charge in [-0.3, -0.25) is 0 Å². The van der Waals surface area contributed by atoms with E-state index in [1.54, 1.807) is 0 Å². The molecule has 2 rings (SSSR count). The lowest BCUT2D eigenvalue weighted by atomic mass is 9.48. The van der Waals surface area contributed by atoms with Gasteiger partial charge in [0.2, 0.25) is 0 Å². The minimum atomic E-state index is 0.522. The molecule has 2 saturated carbocycles. The first-order chi connectivity index (χ1) is 6.68. The van der Waals surface area contributed by atoms with Crippen molar-refractivity contribution in [1.29, 1.82) is 0 Å². The van der Waals surface area contributed by atoms with E-state index in [9.17, 15) is 0 Å². The zero-order valence-corrected chi connectivity index (χ0v) is 9.55. The van der Waals surface area contributed by atoms with E-state index in [2.05, 4.69) is 25.7 Å². The lowest BCUT2D eigenvalue weighted by molar-refractivity contribution is -0.0859. The van der Waals surface area contributed by atoms with Crippen LogP contribution in [0, 0.1) is 17.3 Å². The lowest BCUT2D eigenvalue weighted by Gasteiger charge is -2.61. The van der Waals surface area contributed by atoms with Gasteiger partial charge in [0.15, 0.2) is 0 Å². The summed E-state index contributed by atoms with van der Waals surface area (Å²) in [5.74, 6) is 1.94. The molecule has 0 saturated heterocycles. The quantitative estimate of drug-likeness (QED) is 0.679. The van der Waals surface area contributed by atoms with Crippen LogP contribution in [0.5, 0.6) is 0 Å². The van der Waals surface area contributed by atoms with Gasteiger partial charge in [-0.25, -0.2) is 0 Å². The van der Waals surface area contributed by atoms with Crippen LogP contribution >= 0.6 is 0 Å². The maximum absolute atomic E-state index is 3.78. The average Bonchev–Trinajstić information content (AvgIpc) is 2.18. The first-order valence-corrected chi connectivity index (χ1v) is 6.02. The Bertz CT molecular complexity index is 219. The second-order valence-corrected chi connectivity index (χ2v) is 5.55. The number of fused-ring (bicyclic) bond motifs is 1. The van der Waals surface area contributed by atoms with Gasteiger partial charge in [-0.15, -0.1) is 6.58 Å². The Balaban J connectivity index is 1.98. The van der Waals surface area contributed by atoms with Crippen molar-refractivity contribution < 1.29 is 0 Å². The van der Waals surface area contributed by atoms with E-state index in [1.807, 2.05) is 6.08 Å². The predicted octanol–water partition coefficient (Wildman–Crippen LogP) is 2.98. The summed E-state index contributed by atoms with van der Waals surface area (Å²) >= 11 is 0. The summed E-state index contributed by atoms with van der Waals surface area (Å²) in [4.78, 5) is 0. The molecule has 0 aromatic heterocycles. The largest absolute Gasteiger partial charge is 0.310 e. The standard InChI is InChI=1S/C13H23N/c1-4-9-14-12-10-7-5-6-8-11(10)13(12,2)3/h4,10-12,14H,1,5-9H2,2-3H3/t10-,11+,12?/m1/s1. The molecule has 80 valence electrons. The third kappa shape index (κ3) is 1.42. The third-order valence-corrected chi connectivity index (χ3v) is 4.49. The highest BCUT2D eigenvalue weighted by Crippen LogP contribution is 2.56. The third-order valence-electron chi connectivity index (χ3n) is 4.49. The molecule has 1 N–H and O–H groups in total. The zero-order valence-electron chi connectivity index (χ0n) is 9.55. The minimum Gasteiger partial charge on any atom is -0.310 e. The van der Waals surface area contributed by atoms with Gasteiger partial charge in [0, 0.05) is 12.6 Å². The highest BCUT2D eigenvalue weighted by Gasteiger charge is 2.55. The van der Waals surface area contributed by atoms with Crippen LogP contribution in [0.2, 0.25) is 0 Å². The van der Waals surface area contributed by atoms with Crippen molar-refractivity contribution in [2.24, 2.45) is 17.3 Å². The second kappa shape index (κ2) is 3.69. The molecule has 2 fully saturated rings. The van der Waals surface area contributed by atoms with Gasteiger partial charge in [-0.05, 0) is 30.1 Å². The normalized spacial score (nSPS) is 39.7. The summed E-state index contributed by atoms with van der Waals surface area (Å²) in [5, 5.41) is 3.64. The van der Waals surface area contributed by atoms with E-state index in [4.69, 9.17) is 0 Å². The van der Waals surface area contributed by atoms with Crippen molar-refractivity contribution in [3.8, 4) is 0 Å². The molecule has 3 atom stereocenters.